The van der Waals surface area contributed by atoms with E-state index in [2.05, 4.69) is 0 Å². The Labute approximate surface area is 65.1 Å². The maximum Gasteiger partial charge on any atom is 0.438 e. The molecule has 0 saturated heterocycles. The Morgan fingerprint density at radius 1 is 1.55 bits per heavy atom. The number of nitrogens with zero attached hydrogens (tertiary/aromatic N) is 1. The van der Waals surface area contributed by atoms with Gasteiger partial charge in [-0.05, 0) is 13.8 Å². The molecule has 4 heteroatoms. The molecule has 1 aliphatic rings. The molecular formula is C7H12NO3+. The molecule has 0 fully saturated rings. The van der Waals surface area contributed by atoms with Crippen LogP contribution in [0.3, 0.4) is 0 Å². The molecule has 1 heterocycles. The molecule has 0 aromatic carbocycles. The second-order valence-electron chi connectivity index (χ2n) is 2.76. The van der Waals surface area contributed by atoms with Crippen LogP contribution in [-0.2, 0) is 9.63 Å². The minimum atomic E-state index is -0.170. The fraction of sp³-hybridized carbons (Fsp3) is 0.714. The fourth-order valence-corrected chi connectivity index (χ4v) is 0.896. The van der Waals surface area contributed by atoms with Crippen LogP contribution in [0.15, 0.2) is 0 Å². The smallest absolute Gasteiger partial charge is 0.438 e. The first kappa shape index (κ1) is 8.04. The lowest BCUT2D eigenvalue weighted by Crippen LogP contribution is -2.23. The highest BCUT2D eigenvalue weighted by Crippen LogP contribution is 2.06. The van der Waals surface area contributed by atoms with Crippen molar-refractivity contribution in [2.24, 2.45) is 0 Å². The summed E-state index contributed by atoms with van der Waals surface area (Å²) >= 11 is 0. The highest BCUT2D eigenvalue weighted by Gasteiger charge is 2.35. The number of hydroxylamine groups is 1. The monoisotopic (exact) mass is 158 g/mol. The maximum absolute atomic E-state index is 10.9. The number of aliphatic hydroxyl groups excluding tert-OH is 1. The molecule has 62 valence electrons. The van der Waals surface area contributed by atoms with Gasteiger partial charge in [0.1, 0.15) is 0 Å². The van der Waals surface area contributed by atoms with Crippen LogP contribution in [0.1, 0.15) is 26.7 Å². The zero-order valence-electron chi connectivity index (χ0n) is 6.70. The van der Waals surface area contributed by atoms with Crippen molar-refractivity contribution in [1.29, 1.82) is 0 Å². The largest absolute Gasteiger partial charge is 0.460 e. The van der Waals surface area contributed by atoms with Gasteiger partial charge >= 0.3 is 11.8 Å². The van der Waals surface area contributed by atoms with Crippen molar-refractivity contribution >= 4 is 11.8 Å². The van der Waals surface area contributed by atoms with Gasteiger partial charge in [-0.3, -0.25) is 4.84 Å². The molecule has 0 unspecified atom stereocenters. The third kappa shape index (κ3) is 1.69. The Kier molecular flexibility index (Phi) is 2.12. The summed E-state index contributed by atoms with van der Waals surface area (Å²) in [6.07, 6.45) is 0.656. The van der Waals surface area contributed by atoms with Gasteiger partial charge in [0.25, 0.3) is 0 Å². The summed E-state index contributed by atoms with van der Waals surface area (Å²) < 4.78 is 0.977. The molecule has 0 bridgehead atoms. The highest BCUT2D eigenvalue weighted by molar-refractivity contribution is 5.85. The molecule has 0 saturated carbocycles. The van der Waals surface area contributed by atoms with E-state index in [0.717, 1.165) is 4.74 Å². The molecule has 0 aromatic heterocycles. The van der Waals surface area contributed by atoms with Crippen molar-refractivity contribution in [1.82, 2.24) is 0 Å². The van der Waals surface area contributed by atoms with Gasteiger partial charge in [0.15, 0.2) is 6.10 Å². The maximum atomic E-state index is 10.9. The molecule has 1 amide bonds. The average molecular weight is 158 g/mol. The number of aliphatic hydroxyl groups is 1. The minimum Gasteiger partial charge on any atom is -0.460 e. The Balaban J connectivity index is 2.67. The molecule has 0 atom stereocenters. The van der Waals surface area contributed by atoms with Crippen LogP contribution in [-0.4, -0.2) is 27.8 Å². The number of hydrogen-bond acceptors (Lipinski definition) is 2. The van der Waals surface area contributed by atoms with E-state index in [1.54, 1.807) is 13.8 Å². The van der Waals surface area contributed by atoms with E-state index >= 15 is 0 Å². The first-order valence-corrected chi connectivity index (χ1v) is 3.66. The second-order valence-corrected chi connectivity index (χ2v) is 2.76. The summed E-state index contributed by atoms with van der Waals surface area (Å²) in [7, 11) is 0. The molecule has 0 aromatic rings. The zero-order valence-corrected chi connectivity index (χ0v) is 6.70. The van der Waals surface area contributed by atoms with E-state index in [1.807, 2.05) is 0 Å². The van der Waals surface area contributed by atoms with E-state index in [1.165, 1.54) is 0 Å². The van der Waals surface area contributed by atoms with E-state index in [9.17, 15) is 4.79 Å². The lowest BCUT2D eigenvalue weighted by molar-refractivity contribution is -0.732. The third-order valence-corrected chi connectivity index (χ3v) is 1.34. The standard InChI is InChI=1S/C7H11NO3/c1-5(2)11-8-6(9)3-4-7(8)10/h5H,3-4H2,1-2H3/p+1. The van der Waals surface area contributed by atoms with E-state index < -0.39 is 0 Å². The number of amides is 1. The first-order chi connectivity index (χ1) is 5.11. The third-order valence-electron chi connectivity index (χ3n) is 1.34. The Morgan fingerprint density at radius 3 is 2.55 bits per heavy atom. The molecule has 1 N–H and O–H groups in total. The summed E-state index contributed by atoms with van der Waals surface area (Å²) in [6, 6.07) is 0. The number of carbonyl (C=O) groups excluding carboxylic acids is 1. The van der Waals surface area contributed by atoms with Gasteiger partial charge in [0, 0.05) is 0 Å². The van der Waals surface area contributed by atoms with Crippen LogP contribution in [0, 0.1) is 0 Å². The minimum absolute atomic E-state index is 0.0173. The van der Waals surface area contributed by atoms with Gasteiger partial charge in [-0.2, -0.15) is 0 Å². The van der Waals surface area contributed by atoms with Gasteiger partial charge in [0.05, 0.1) is 17.6 Å². The Morgan fingerprint density at radius 2 is 2.18 bits per heavy atom. The van der Waals surface area contributed by atoms with Crippen LogP contribution in [0.5, 0.6) is 0 Å². The van der Waals surface area contributed by atoms with Crippen LogP contribution in [0.2, 0.25) is 0 Å². The van der Waals surface area contributed by atoms with Crippen molar-refractivity contribution in [2.75, 3.05) is 0 Å². The van der Waals surface area contributed by atoms with Crippen LogP contribution >= 0.6 is 0 Å². The van der Waals surface area contributed by atoms with E-state index in [4.69, 9.17) is 9.94 Å². The predicted octanol–water partition coefficient (Wildman–Crippen LogP) is 0.616. The van der Waals surface area contributed by atoms with Crippen LogP contribution < -0.4 is 0 Å². The molecule has 4 nitrogen and oxygen atoms in total. The topological polar surface area (TPSA) is 49.5 Å². The SMILES string of the molecule is CC(C)O[N+]1=C(O)CCC1=O. The summed E-state index contributed by atoms with van der Waals surface area (Å²) in [5.41, 5.74) is 0. The summed E-state index contributed by atoms with van der Waals surface area (Å²) in [4.78, 5) is 16.0. The average Bonchev–Trinajstić information content (AvgIpc) is 2.18. The lowest BCUT2D eigenvalue weighted by Gasteiger charge is -1.99. The van der Waals surface area contributed by atoms with Crippen molar-refractivity contribution in [3.05, 3.63) is 0 Å². The quantitative estimate of drug-likeness (QED) is 0.599. The highest BCUT2D eigenvalue weighted by atomic mass is 16.7. The number of hydrogen-bond donors (Lipinski definition) is 1. The predicted molar refractivity (Wildman–Crippen MR) is 38.4 cm³/mol. The molecule has 0 spiro atoms. The molecule has 1 aliphatic heterocycles. The van der Waals surface area contributed by atoms with Gasteiger partial charge < -0.3 is 5.11 Å². The Hall–Kier alpha value is -1.06. The summed E-state index contributed by atoms with van der Waals surface area (Å²) in [5, 5.41) is 9.10. The summed E-state index contributed by atoms with van der Waals surface area (Å²) in [6.45, 7) is 3.61. The first-order valence-electron chi connectivity index (χ1n) is 3.66. The van der Waals surface area contributed by atoms with Crippen LogP contribution in [0.25, 0.3) is 0 Å². The molecule has 0 radical (unpaired) electrons. The van der Waals surface area contributed by atoms with Crippen LogP contribution in [0.4, 0.5) is 0 Å². The lowest BCUT2D eigenvalue weighted by atomic mass is 10.4. The molecule has 1 rings (SSSR count). The molecule has 0 aliphatic carbocycles. The normalized spacial score (nSPS) is 18.3. The fourth-order valence-electron chi connectivity index (χ4n) is 0.896. The van der Waals surface area contributed by atoms with Crippen molar-refractivity contribution in [3.63, 3.8) is 0 Å². The van der Waals surface area contributed by atoms with E-state index in [0.29, 0.717) is 12.8 Å². The molecular weight excluding hydrogens is 146 g/mol. The van der Waals surface area contributed by atoms with Crippen molar-refractivity contribution < 1.29 is 19.5 Å². The van der Waals surface area contributed by atoms with Crippen molar-refractivity contribution in [2.45, 2.75) is 32.8 Å². The number of carbonyl (C=O) groups is 1. The zero-order chi connectivity index (χ0) is 8.43. The van der Waals surface area contributed by atoms with Gasteiger partial charge in [-0.1, -0.05) is 0 Å². The number of rotatable bonds is 2. The second kappa shape index (κ2) is 2.90. The van der Waals surface area contributed by atoms with E-state index in [-0.39, 0.29) is 17.9 Å². The molecule has 11 heavy (non-hydrogen) atoms. The van der Waals surface area contributed by atoms with Gasteiger partial charge in [-0.25, -0.2) is 4.79 Å². The van der Waals surface area contributed by atoms with Crippen molar-refractivity contribution in [3.8, 4) is 0 Å². The van der Waals surface area contributed by atoms with Gasteiger partial charge in [-0.15, -0.1) is 0 Å². The van der Waals surface area contributed by atoms with Gasteiger partial charge in [0.2, 0.25) is 0 Å². The summed E-state index contributed by atoms with van der Waals surface area (Å²) in [5.74, 6) is -0.153. The Bertz CT molecular complexity index is 208.